The first-order chi connectivity index (χ1) is 9.49. The third-order valence-electron chi connectivity index (χ3n) is 2.54. The molecule has 0 aliphatic heterocycles. The molecule has 1 aromatic heterocycles. The molecule has 0 saturated heterocycles. The minimum Gasteiger partial charge on any atom is -0.508 e. The summed E-state index contributed by atoms with van der Waals surface area (Å²) in [6.07, 6.45) is 0. The van der Waals surface area contributed by atoms with Gasteiger partial charge in [0.15, 0.2) is 0 Å². The van der Waals surface area contributed by atoms with Crippen LogP contribution in [0.1, 0.15) is 18.3 Å². The van der Waals surface area contributed by atoms with Crippen LogP contribution in [0.2, 0.25) is 0 Å². The van der Waals surface area contributed by atoms with Crippen molar-refractivity contribution >= 4 is 11.7 Å². The summed E-state index contributed by atoms with van der Waals surface area (Å²) in [5.74, 6) is 0.596. The number of phenols is 2. The average Bonchev–Trinajstić information content (AvgIpc) is 2.37. The first-order valence-electron chi connectivity index (χ1n) is 5.84. The molecule has 0 fully saturated rings. The molecule has 2 aromatic rings. The molecule has 0 unspecified atom stereocenters. The van der Waals surface area contributed by atoms with Crippen LogP contribution in [0, 0.1) is 6.92 Å². The maximum absolute atomic E-state index is 9.78. The van der Waals surface area contributed by atoms with E-state index in [2.05, 4.69) is 19.9 Å². The molecule has 0 spiro atoms. The highest BCUT2D eigenvalue weighted by Gasteiger charge is 2.08. The van der Waals surface area contributed by atoms with Crippen molar-refractivity contribution in [1.82, 2.24) is 15.0 Å². The Morgan fingerprint density at radius 2 is 1.95 bits per heavy atom. The lowest BCUT2D eigenvalue weighted by molar-refractivity contribution is 0.377. The van der Waals surface area contributed by atoms with E-state index in [1.54, 1.807) is 19.9 Å². The molecule has 7 nitrogen and oxygen atoms in total. The van der Waals surface area contributed by atoms with Crippen LogP contribution in [-0.2, 0) is 0 Å². The summed E-state index contributed by atoms with van der Waals surface area (Å²) < 4.78 is 4.95. The van der Waals surface area contributed by atoms with Crippen molar-refractivity contribution in [2.45, 2.75) is 13.8 Å². The van der Waals surface area contributed by atoms with Gasteiger partial charge in [0.2, 0.25) is 0 Å². The minimum atomic E-state index is -0.0657. The third-order valence-corrected chi connectivity index (χ3v) is 2.54. The third kappa shape index (κ3) is 3.00. The Labute approximate surface area is 115 Å². The summed E-state index contributed by atoms with van der Waals surface area (Å²) >= 11 is 0. The molecule has 20 heavy (non-hydrogen) atoms. The van der Waals surface area contributed by atoms with Gasteiger partial charge in [0.1, 0.15) is 17.3 Å². The Kier molecular flexibility index (Phi) is 3.79. The topological polar surface area (TPSA) is 101 Å². The molecule has 0 aliphatic rings. The SMILES string of the molecule is COc1nc(C)nc(/N=C(\C)c2ccc(O)cc2O)n1. The summed E-state index contributed by atoms with van der Waals surface area (Å²) in [5, 5.41) is 19.0. The van der Waals surface area contributed by atoms with Crippen LogP contribution >= 0.6 is 0 Å². The van der Waals surface area contributed by atoms with Gasteiger partial charge in [0.25, 0.3) is 5.95 Å². The predicted molar refractivity (Wildman–Crippen MR) is 72.8 cm³/mol. The maximum atomic E-state index is 9.78. The Balaban J connectivity index is 2.41. The minimum absolute atomic E-state index is 0.0169. The summed E-state index contributed by atoms with van der Waals surface area (Å²) in [6, 6.07) is 4.45. The molecule has 104 valence electrons. The summed E-state index contributed by atoms with van der Waals surface area (Å²) in [5.41, 5.74) is 0.995. The Hall–Kier alpha value is -2.70. The van der Waals surface area contributed by atoms with Gasteiger partial charge < -0.3 is 14.9 Å². The van der Waals surface area contributed by atoms with Crippen LogP contribution in [0.5, 0.6) is 17.5 Å². The maximum Gasteiger partial charge on any atom is 0.321 e. The molecule has 0 bridgehead atoms. The number of aryl methyl sites for hydroxylation is 1. The molecule has 0 radical (unpaired) electrons. The molecule has 2 rings (SSSR count). The van der Waals surface area contributed by atoms with Gasteiger partial charge in [-0.15, -0.1) is 0 Å². The zero-order valence-corrected chi connectivity index (χ0v) is 11.3. The Morgan fingerprint density at radius 1 is 1.20 bits per heavy atom. The second kappa shape index (κ2) is 5.52. The number of aliphatic imine (C=N–C) groups is 1. The van der Waals surface area contributed by atoms with Gasteiger partial charge in [0.05, 0.1) is 12.8 Å². The van der Waals surface area contributed by atoms with E-state index < -0.39 is 0 Å². The number of hydrogen-bond acceptors (Lipinski definition) is 7. The number of aromatic nitrogens is 3. The fourth-order valence-corrected chi connectivity index (χ4v) is 1.62. The van der Waals surface area contributed by atoms with E-state index in [9.17, 15) is 10.2 Å². The number of nitrogens with zero attached hydrogens (tertiary/aromatic N) is 4. The highest BCUT2D eigenvalue weighted by molar-refractivity contribution is 6.02. The van der Waals surface area contributed by atoms with Crippen molar-refractivity contribution in [2.75, 3.05) is 7.11 Å². The van der Waals surface area contributed by atoms with Gasteiger partial charge in [0, 0.05) is 11.6 Å². The van der Waals surface area contributed by atoms with E-state index in [1.807, 2.05) is 0 Å². The van der Waals surface area contributed by atoms with Crippen molar-refractivity contribution in [3.8, 4) is 17.5 Å². The Morgan fingerprint density at radius 3 is 2.60 bits per heavy atom. The highest BCUT2D eigenvalue weighted by atomic mass is 16.5. The average molecular weight is 274 g/mol. The standard InChI is InChI=1S/C13H14N4O3/c1-7(10-5-4-9(18)6-11(10)19)14-12-15-8(2)16-13(17-12)20-3/h4-6,18-19H,1-3H3/b14-7+. The fraction of sp³-hybridized carbons (Fsp3) is 0.231. The molecular formula is C13H14N4O3. The van der Waals surface area contributed by atoms with Crippen molar-refractivity contribution in [2.24, 2.45) is 4.99 Å². The van der Waals surface area contributed by atoms with Crippen molar-refractivity contribution in [3.63, 3.8) is 0 Å². The van der Waals surface area contributed by atoms with E-state index in [4.69, 9.17) is 4.74 Å². The van der Waals surface area contributed by atoms with Crippen LogP contribution in [-0.4, -0.2) is 38.0 Å². The van der Waals surface area contributed by atoms with Gasteiger partial charge in [-0.2, -0.15) is 15.0 Å². The fourth-order valence-electron chi connectivity index (χ4n) is 1.62. The van der Waals surface area contributed by atoms with Gasteiger partial charge in [-0.25, -0.2) is 4.99 Å². The highest BCUT2D eigenvalue weighted by Crippen LogP contribution is 2.24. The van der Waals surface area contributed by atoms with Crippen molar-refractivity contribution in [1.29, 1.82) is 0 Å². The van der Waals surface area contributed by atoms with E-state index in [0.29, 0.717) is 17.1 Å². The second-order valence-electron chi connectivity index (χ2n) is 4.07. The lowest BCUT2D eigenvalue weighted by Crippen LogP contribution is -1.99. The zero-order valence-electron chi connectivity index (χ0n) is 11.3. The molecule has 0 aliphatic carbocycles. The quantitative estimate of drug-likeness (QED) is 0.827. The van der Waals surface area contributed by atoms with Crippen LogP contribution in [0.15, 0.2) is 23.2 Å². The lowest BCUT2D eigenvalue weighted by Gasteiger charge is -2.05. The molecule has 2 N–H and O–H groups in total. The molecule has 1 aromatic carbocycles. The van der Waals surface area contributed by atoms with Crippen molar-refractivity contribution < 1.29 is 14.9 Å². The smallest absolute Gasteiger partial charge is 0.321 e. The van der Waals surface area contributed by atoms with Crippen molar-refractivity contribution in [3.05, 3.63) is 29.6 Å². The van der Waals surface area contributed by atoms with E-state index in [1.165, 1.54) is 19.2 Å². The number of phenolic OH excluding ortho intramolecular Hbond substituents is 2. The normalized spacial score (nSPS) is 11.4. The number of benzene rings is 1. The monoisotopic (exact) mass is 274 g/mol. The lowest BCUT2D eigenvalue weighted by atomic mass is 10.1. The van der Waals surface area contributed by atoms with E-state index in [-0.39, 0.29) is 23.5 Å². The van der Waals surface area contributed by atoms with Gasteiger partial charge in [-0.1, -0.05) is 0 Å². The molecule has 0 amide bonds. The van der Waals surface area contributed by atoms with Gasteiger partial charge in [-0.05, 0) is 26.0 Å². The molecular weight excluding hydrogens is 260 g/mol. The number of ether oxygens (including phenoxy) is 1. The van der Waals surface area contributed by atoms with Gasteiger partial charge >= 0.3 is 6.01 Å². The zero-order chi connectivity index (χ0) is 14.7. The molecule has 0 saturated carbocycles. The van der Waals surface area contributed by atoms with Crippen LogP contribution in [0.25, 0.3) is 0 Å². The van der Waals surface area contributed by atoms with E-state index in [0.717, 1.165) is 0 Å². The van der Waals surface area contributed by atoms with Gasteiger partial charge in [-0.3, -0.25) is 0 Å². The summed E-state index contributed by atoms with van der Waals surface area (Å²) in [6.45, 7) is 3.41. The molecule has 0 atom stereocenters. The number of methoxy groups -OCH3 is 1. The first-order valence-corrected chi connectivity index (χ1v) is 5.84. The second-order valence-corrected chi connectivity index (χ2v) is 4.07. The Bertz CT molecular complexity index is 671. The summed E-state index contributed by atoms with van der Waals surface area (Å²) in [7, 11) is 1.46. The van der Waals surface area contributed by atoms with E-state index >= 15 is 0 Å². The number of rotatable bonds is 3. The first kappa shape index (κ1) is 13.7. The number of hydrogen-bond donors (Lipinski definition) is 2. The predicted octanol–water partition coefficient (Wildman–Crippen LogP) is 1.74. The van der Waals surface area contributed by atoms with Crippen LogP contribution in [0.3, 0.4) is 0 Å². The van der Waals surface area contributed by atoms with Crippen LogP contribution < -0.4 is 4.74 Å². The summed E-state index contributed by atoms with van der Waals surface area (Å²) in [4.78, 5) is 16.3. The molecule has 7 heteroatoms. The van der Waals surface area contributed by atoms with Crippen LogP contribution in [0.4, 0.5) is 5.95 Å². The number of aromatic hydroxyl groups is 2. The molecule has 1 heterocycles. The largest absolute Gasteiger partial charge is 0.508 e.